The van der Waals surface area contributed by atoms with Gasteiger partial charge in [0.1, 0.15) is 5.75 Å². The summed E-state index contributed by atoms with van der Waals surface area (Å²) in [5, 5.41) is 8.48. The van der Waals surface area contributed by atoms with Crippen LogP contribution in [0.15, 0.2) is 78.9 Å². The average Bonchev–Trinajstić information content (AvgIpc) is 2.79. The van der Waals surface area contributed by atoms with Crippen LogP contribution >= 0.6 is 0 Å². The Morgan fingerprint density at radius 1 is 0.871 bits per heavy atom. The van der Waals surface area contributed by atoms with Gasteiger partial charge in [-0.1, -0.05) is 49.4 Å². The second-order valence-electron chi connectivity index (χ2n) is 7.15. The number of benzene rings is 3. The molecule has 3 aromatic carbocycles. The predicted octanol–water partition coefficient (Wildman–Crippen LogP) is 5.15. The van der Waals surface area contributed by atoms with Crippen molar-refractivity contribution in [2.45, 2.75) is 26.3 Å². The first-order valence-electron chi connectivity index (χ1n) is 10.3. The molecule has 6 nitrogen and oxygen atoms in total. The van der Waals surface area contributed by atoms with Gasteiger partial charge in [0.05, 0.1) is 6.04 Å². The van der Waals surface area contributed by atoms with Crippen molar-refractivity contribution in [3.05, 3.63) is 90.0 Å². The Morgan fingerprint density at radius 2 is 1.55 bits per heavy atom. The van der Waals surface area contributed by atoms with Gasteiger partial charge in [0.2, 0.25) is 0 Å². The molecule has 0 bridgehead atoms. The van der Waals surface area contributed by atoms with E-state index in [9.17, 15) is 9.59 Å². The summed E-state index contributed by atoms with van der Waals surface area (Å²) in [6.07, 6.45) is 0.916. The maximum atomic E-state index is 12.2. The first-order valence-corrected chi connectivity index (χ1v) is 10.3. The molecule has 31 heavy (non-hydrogen) atoms. The van der Waals surface area contributed by atoms with Crippen LogP contribution in [0.2, 0.25) is 0 Å². The van der Waals surface area contributed by atoms with E-state index in [2.05, 4.69) is 22.9 Å². The lowest BCUT2D eigenvalue weighted by Crippen LogP contribution is -2.31. The van der Waals surface area contributed by atoms with Crippen molar-refractivity contribution in [1.82, 2.24) is 5.32 Å². The summed E-state index contributed by atoms with van der Waals surface area (Å²) in [7, 11) is 0. The summed E-state index contributed by atoms with van der Waals surface area (Å²) in [6.45, 7) is 3.93. The van der Waals surface area contributed by atoms with Crippen molar-refractivity contribution >= 4 is 23.3 Å². The number of rotatable bonds is 8. The third kappa shape index (κ3) is 6.89. The quantitative estimate of drug-likeness (QED) is 0.474. The zero-order valence-corrected chi connectivity index (χ0v) is 17.7. The summed E-state index contributed by atoms with van der Waals surface area (Å²) in [5.74, 6) is 0.491. The first kappa shape index (κ1) is 21.9. The van der Waals surface area contributed by atoms with Crippen molar-refractivity contribution in [2.24, 2.45) is 0 Å². The van der Waals surface area contributed by atoms with Gasteiger partial charge in [-0.25, -0.2) is 4.79 Å². The molecular formula is C25H27N3O3. The fraction of sp³-hybridized carbons (Fsp3) is 0.200. The Labute approximate surface area is 182 Å². The molecule has 0 aliphatic rings. The number of para-hydroxylation sites is 1. The average molecular weight is 418 g/mol. The summed E-state index contributed by atoms with van der Waals surface area (Å²) >= 11 is 0. The molecule has 0 radical (unpaired) electrons. The van der Waals surface area contributed by atoms with E-state index in [1.54, 1.807) is 12.1 Å². The fourth-order valence-corrected chi connectivity index (χ4v) is 3.04. The van der Waals surface area contributed by atoms with Crippen LogP contribution in [-0.4, -0.2) is 18.5 Å². The molecule has 3 amide bonds. The van der Waals surface area contributed by atoms with Crippen LogP contribution < -0.4 is 20.7 Å². The molecule has 0 saturated heterocycles. The number of hydrogen-bond donors (Lipinski definition) is 3. The maximum absolute atomic E-state index is 12.2. The number of hydrogen-bond acceptors (Lipinski definition) is 3. The Morgan fingerprint density at radius 3 is 2.23 bits per heavy atom. The molecule has 0 spiro atoms. The van der Waals surface area contributed by atoms with E-state index in [0.717, 1.165) is 23.2 Å². The molecule has 160 valence electrons. The van der Waals surface area contributed by atoms with Gasteiger partial charge in [-0.2, -0.15) is 0 Å². The van der Waals surface area contributed by atoms with E-state index in [1.165, 1.54) is 0 Å². The van der Waals surface area contributed by atoms with E-state index >= 15 is 0 Å². The van der Waals surface area contributed by atoms with Crippen molar-refractivity contribution < 1.29 is 14.3 Å². The number of carbonyl (C=O) groups excluding carboxylic acids is 2. The topological polar surface area (TPSA) is 79.5 Å². The van der Waals surface area contributed by atoms with Crippen molar-refractivity contribution in [3.63, 3.8) is 0 Å². The molecule has 0 aliphatic heterocycles. The molecule has 1 atom stereocenters. The highest BCUT2D eigenvalue weighted by atomic mass is 16.5. The smallest absolute Gasteiger partial charge is 0.323 e. The van der Waals surface area contributed by atoms with Gasteiger partial charge >= 0.3 is 6.03 Å². The molecule has 6 heteroatoms. The van der Waals surface area contributed by atoms with Crippen LogP contribution in [-0.2, 0) is 11.2 Å². The van der Waals surface area contributed by atoms with Gasteiger partial charge in [0.15, 0.2) is 6.61 Å². The number of anilines is 2. The van der Waals surface area contributed by atoms with Crippen LogP contribution in [0.25, 0.3) is 0 Å². The highest BCUT2D eigenvalue weighted by molar-refractivity contribution is 5.99. The molecule has 0 unspecified atom stereocenters. The van der Waals surface area contributed by atoms with Crippen LogP contribution in [0, 0.1) is 0 Å². The number of nitrogens with one attached hydrogen (secondary N) is 3. The van der Waals surface area contributed by atoms with Crippen LogP contribution in [0.5, 0.6) is 5.75 Å². The van der Waals surface area contributed by atoms with E-state index in [0.29, 0.717) is 11.4 Å². The van der Waals surface area contributed by atoms with Crippen molar-refractivity contribution in [3.8, 4) is 5.75 Å². The van der Waals surface area contributed by atoms with Crippen molar-refractivity contribution in [2.75, 3.05) is 17.2 Å². The number of carbonyl (C=O) groups is 2. The minimum absolute atomic E-state index is 0.0448. The molecule has 0 aliphatic carbocycles. The zero-order valence-electron chi connectivity index (χ0n) is 17.7. The summed E-state index contributed by atoms with van der Waals surface area (Å²) in [5.41, 5.74) is 3.47. The largest absolute Gasteiger partial charge is 0.484 e. The Bertz CT molecular complexity index is 1000. The number of urea groups is 1. The third-order valence-electron chi connectivity index (χ3n) is 4.75. The molecule has 0 aromatic heterocycles. The van der Waals surface area contributed by atoms with Gasteiger partial charge in [0, 0.05) is 11.4 Å². The van der Waals surface area contributed by atoms with E-state index in [4.69, 9.17) is 4.74 Å². The first-order chi connectivity index (χ1) is 15.0. The molecule has 0 heterocycles. The van der Waals surface area contributed by atoms with E-state index < -0.39 is 0 Å². The monoisotopic (exact) mass is 417 g/mol. The number of amides is 3. The second kappa shape index (κ2) is 10.8. The predicted molar refractivity (Wildman–Crippen MR) is 123 cm³/mol. The van der Waals surface area contributed by atoms with Gasteiger partial charge in [-0.15, -0.1) is 0 Å². The normalized spacial score (nSPS) is 11.3. The SMILES string of the molecule is CCc1cccc(OCC(=O)N[C@@H](C)c2ccc(NC(=O)Nc3ccccc3)cc2)c1. The Balaban J connectivity index is 1.47. The van der Waals surface area contributed by atoms with Gasteiger partial charge in [-0.3, -0.25) is 4.79 Å². The van der Waals surface area contributed by atoms with Gasteiger partial charge in [0.25, 0.3) is 5.91 Å². The minimum atomic E-state index is -0.315. The molecule has 3 N–H and O–H groups in total. The Hall–Kier alpha value is -3.80. The fourth-order valence-electron chi connectivity index (χ4n) is 3.04. The highest BCUT2D eigenvalue weighted by Gasteiger charge is 2.11. The number of aryl methyl sites for hydroxylation is 1. The lowest BCUT2D eigenvalue weighted by Gasteiger charge is -2.16. The lowest BCUT2D eigenvalue weighted by molar-refractivity contribution is -0.123. The van der Waals surface area contributed by atoms with E-state index in [1.807, 2.05) is 73.7 Å². The molecule has 3 rings (SSSR count). The Kier molecular flexibility index (Phi) is 7.65. The van der Waals surface area contributed by atoms with Crippen molar-refractivity contribution in [1.29, 1.82) is 0 Å². The zero-order chi connectivity index (χ0) is 22.1. The van der Waals surface area contributed by atoms with E-state index in [-0.39, 0.29) is 24.6 Å². The summed E-state index contributed by atoms with van der Waals surface area (Å²) in [4.78, 5) is 24.3. The highest BCUT2D eigenvalue weighted by Crippen LogP contribution is 2.17. The number of ether oxygens (including phenoxy) is 1. The summed E-state index contributed by atoms with van der Waals surface area (Å²) in [6, 6.07) is 23.8. The molecular weight excluding hydrogens is 390 g/mol. The van der Waals surface area contributed by atoms with Crippen LogP contribution in [0.1, 0.15) is 31.0 Å². The standard InChI is InChI=1S/C25H27N3O3/c1-3-19-8-7-11-23(16-19)31-17-24(29)26-18(2)20-12-14-22(15-13-20)28-25(30)27-21-9-5-4-6-10-21/h4-16,18H,3,17H2,1-2H3,(H,26,29)(H2,27,28,30)/t18-/m0/s1. The lowest BCUT2D eigenvalue weighted by atomic mass is 10.1. The maximum Gasteiger partial charge on any atom is 0.323 e. The van der Waals surface area contributed by atoms with Gasteiger partial charge < -0.3 is 20.7 Å². The van der Waals surface area contributed by atoms with Crippen LogP contribution in [0.3, 0.4) is 0 Å². The summed E-state index contributed by atoms with van der Waals surface area (Å²) < 4.78 is 5.59. The third-order valence-corrected chi connectivity index (χ3v) is 4.75. The molecule has 0 fully saturated rings. The second-order valence-corrected chi connectivity index (χ2v) is 7.15. The van der Waals surface area contributed by atoms with Gasteiger partial charge in [-0.05, 0) is 60.9 Å². The van der Waals surface area contributed by atoms with Crippen LogP contribution in [0.4, 0.5) is 16.2 Å². The molecule has 0 saturated carbocycles. The molecule has 3 aromatic rings. The minimum Gasteiger partial charge on any atom is -0.484 e.